The number of hydrogen-bond acceptors (Lipinski definition) is 3. The van der Waals surface area contributed by atoms with Crippen LogP contribution in [0.1, 0.15) is 27.7 Å². The summed E-state index contributed by atoms with van der Waals surface area (Å²) in [5, 5.41) is 0. The third-order valence-electron chi connectivity index (χ3n) is 2.68. The molecule has 0 heterocycles. The van der Waals surface area contributed by atoms with Crippen LogP contribution in [0.5, 0.6) is 0 Å². The number of carbonyl (C=O) groups excluding carboxylic acids is 1. The van der Waals surface area contributed by atoms with Crippen molar-refractivity contribution in [2.45, 2.75) is 38.1 Å². The minimum absolute atomic E-state index is 0.0724. The van der Waals surface area contributed by atoms with Gasteiger partial charge in [-0.1, -0.05) is 6.92 Å². The Bertz CT molecular complexity index is 512. The lowest BCUT2D eigenvalue weighted by molar-refractivity contribution is -0.108. The zero-order chi connectivity index (χ0) is 14.0. The number of anilines is 1. The molecule has 1 aromatic rings. The summed E-state index contributed by atoms with van der Waals surface area (Å²) in [6.45, 7) is 7.35. The van der Waals surface area contributed by atoms with Crippen LogP contribution in [-0.2, 0) is 14.6 Å². The highest BCUT2D eigenvalue weighted by molar-refractivity contribution is 7.91. The molecule has 0 aliphatic rings. The van der Waals surface area contributed by atoms with Crippen LogP contribution in [0.15, 0.2) is 29.2 Å². The minimum Gasteiger partial charge on any atom is -0.310 e. The molecule has 0 aromatic heterocycles. The first-order valence-corrected chi connectivity index (χ1v) is 7.45. The van der Waals surface area contributed by atoms with E-state index in [1.54, 1.807) is 24.0 Å². The second-order valence-electron chi connectivity index (χ2n) is 5.04. The SMILES string of the molecule is CCS(=O)(=O)c1ccc(N(C=O)C(C)(C)C)cc1. The molecule has 0 aliphatic carbocycles. The lowest BCUT2D eigenvalue weighted by Crippen LogP contribution is -2.40. The Morgan fingerprint density at radius 1 is 1.17 bits per heavy atom. The fraction of sp³-hybridized carbons (Fsp3) is 0.462. The summed E-state index contributed by atoms with van der Waals surface area (Å²) >= 11 is 0. The van der Waals surface area contributed by atoms with Gasteiger partial charge in [0.1, 0.15) is 0 Å². The number of hydrogen-bond donors (Lipinski definition) is 0. The van der Waals surface area contributed by atoms with Crippen LogP contribution in [-0.4, -0.2) is 26.1 Å². The Morgan fingerprint density at radius 2 is 1.67 bits per heavy atom. The summed E-state index contributed by atoms with van der Waals surface area (Å²) in [5.74, 6) is 0.0724. The van der Waals surface area contributed by atoms with Crippen LogP contribution in [0.3, 0.4) is 0 Å². The molecule has 0 radical (unpaired) electrons. The first kappa shape index (κ1) is 14.7. The van der Waals surface area contributed by atoms with Crippen LogP contribution in [0.25, 0.3) is 0 Å². The first-order valence-electron chi connectivity index (χ1n) is 5.80. The van der Waals surface area contributed by atoms with Gasteiger partial charge in [-0.2, -0.15) is 0 Å². The van der Waals surface area contributed by atoms with Crippen molar-refractivity contribution in [3.63, 3.8) is 0 Å². The van der Waals surface area contributed by atoms with Gasteiger partial charge in [-0.15, -0.1) is 0 Å². The van der Waals surface area contributed by atoms with Gasteiger partial charge in [0.05, 0.1) is 10.6 Å². The van der Waals surface area contributed by atoms with Crippen molar-refractivity contribution in [1.82, 2.24) is 0 Å². The molecular weight excluding hydrogens is 250 g/mol. The van der Waals surface area contributed by atoms with Crippen molar-refractivity contribution in [3.8, 4) is 0 Å². The Labute approximate surface area is 109 Å². The Balaban J connectivity index is 3.14. The van der Waals surface area contributed by atoms with E-state index in [9.17, 15) is 13.2 Å². The van der Waals surface area contributed by atoms with Crippen molar-refractivity contribution in [2.24, 2.45) is 0 Å². The van der Waals surface area contributed by atoms with E-state index >= 15 is 0 Å². The molecule has 4 nitrogen and oxygen atoms in total. The van der Waals surface area contributed by atoms with E-state index in [0.29, 0.717) is 5.69 Å². The highest BCUT2D eigenvalue weighted by Crippen LogP contribution is 2.23. The van der Waals surface area contributed by atoms with Crippen LogP contribution >= 0.6 is 0 Å². The van der Waals surface area contributed by atoms with Gasteiger partial charge in [0.15, 0.2) is 9.84 Å². The molecule has 0 fully saturated rings. The van der Waals surface area contributed by atoms with Crippen molar-refractivity contribution >= 4 is 21.9 Å². The number of amides is 1. The van der Waals surface area contributed by atoms with Gasteiger partial charge in [-0.05, 0) is 45.0 Å². The van der Waals surface area contributed by atoms with E-state index in [0.717, 1.165) is 6.41 Å². The van der Waals surface area contributed by atoms with Crippen molar-refractivity contribution in [1.29, 1.82) is 0 Å². The standard InChI is InChI=1S/C13H19NO3S/c1-5-18(16,17)12-8-6-11(7-9-12)14(10-15)13(2,3)4/h6-10H,5H2,1-4H3. The summed E-state index contributed by atoms with van der Waals surface area (Å²) in [6, 6.07) is 6.39. The normalized spacial score (nSPS) is 12.2. The average molecular weight is 269 g/mol. The van der Waals surface area contributed by atoms with Gasteiger partial charge in [-0.3, -0.25) is 4.79 Å². The number of nitrogens with zero attached hydrogens (tertiary/aromatic N) is 1. The van der Waals surface area contributed by atoms with Gasteiger partial charge in [0.25, 0.3) is 0 Å². The first-order chi connectivity index (χ1) is 8.22. The second kappa shape index (κ2) is 5.10. The topological polar surface area (TPSA) is 54.5 Å². The Hall–Kier alpha value is -1.36. The molecule has 1 amide bonds. The van der Waals surface area contributed by atoms with Crippen molar-refractivity contribution < 1.29 is 13.2 Å². The van der Waals surface area contributed by atoms with Gasteiger partial charge < -0.3 is 4.90 Å². The average Bonchev–Trinajstić information content (AvgIpc) is 2.29. The van der Waals surface area contributed by atoms with E-state index in [2.05, 4.69) is 0 Å². The fourth-order valence-corrected chi connectivity index (χ4v) is 2.47. The summed E-state index contributed by atoms with van der Waals surface area (Å²) in [6.07, 6.45) is 0.753. The monoisotopic (exact) mass is 269 g/mol. The quantitative estimate of drug-likeness (QED) is 0.788. The predicted molar refractivity (Wildman–Crippen MR) is 72.5 cm³/mol. The Morgan fingerprint density at radius 3 is 2.00 bits per heavy atom. The number of sulfone groups is 1. The van der Waals surface area contributed by atoms with Crippen molar-refractivity contribution in [2.75, 3.05) is 10.7 Å². The van der Waals surface area contributed by atoms with Gasteiger partial charge in [0, 0.05) is 11.2 Å². The smallest absolute Gasteiger partial charge is 0.214 e. The molecule has 0 spiro atoms. The molecule has 0 aliphatic heterocycles. The van der Waals surface area contributed by atoms with Crippen LogP contribution in [0.2, 0.25) is 0 Å². The van der Waals surface area contributed by atoms with E-state index in [1.165, 1.54) is 12.1 Å². The van der Waals surface area contributed by atoms with Gasteiger partial charge >= 0.3 is 0 Å². The molecule has 1 aromatic carbocycles. The number of benzene rings is 1. The molecule has 0 saturated heterocycles. The third kappa shape index (κ3) is 3.10. The molecule has 0 N–H and O–H groups in total. The molecule has 0 unspecified atom stereocenters. The second-order valence-corrected chi connectivity index (χ2v) is 7.32. The van der Waals surface area contributed by atoms with Crippen LogP contribution in [0, 0.1) is 0 Å². The summed E-state index contributed by atoms with van der Waals surface area (Å²) in [5.41, 5.74) is 0.347. The summed E-state index contributed by atoms with van der Waals surface area (Å²) < 4.78 is 23.3. The van der Waals surface area contributed by atoms with E-state index < -0.39 is 9.84 Å². The van der Waals surface area contributed by atoms with E-state index in [4.69, 9.17) is 0 Å². The molecule has 18 heavy (non-hydrogen) atoms. The summed E-state index contributed by atoms with van der Waals surface area (Å²) in [7, 11) is -3.19. The summed E-state index contributed by atoms with van der Waals surface area (Å²) in [4.78, 5) is 12.9. The lowest BCUT2D eigenvalue weighted by Gasteiger charge is -2.32. The fourth-order valence-electron chi connectivity index (χ4n) is 1.59. The maximum Gasteiger partial charge on any atom is 0.214 e. The highest BCUT2D eigenvalue weighted by atomic mass is 32.2. The maximum absolute atomic E-state index is 11.7. The maximum atomic E-state index is 11.7. The molecule has 0 atom stereocenters. The molecule has 0 saturated carbocycles. The van der Waals surface area contributed by atoms with Gasteiger partial charge in [-0.25, -0.2) is 8.42 Å². The van der Waals surface area contributed by atoms with Crippen LogP contribution < -0.4 is 4.90 Å². The predicted octanol–water partition coefficient (Wildman–Crippen LogP) is 2.24. The largest absolute Gasteiger partial charge is 0.310 e. The zero-order valence-electron chi connectivity index (χ0n) is 11.2. The number of carbonyl (C=O) groups is 1. The molecule has 100 valence electrons. The van der Waals surface area contributed by atoms with E-state index in [-0.39, 0.29) is 16.2 Å². The van der Waals surface area contributed by atoms with Gasteiger partial charge in [0.2, 0.25) is 6.41 Å². The molecule has 1 rings (SSSR count). The van der Waals surface area contributed by atoms with Crippen molar-refractivity contribution in [3.05, 3.63) is 24.3 Å². The highest BCUT2D eigenvalue weighted by Gasteiger charge is 2.21. The third-order valence-corrected chi connectivity index (χ3v) is 4.43. The minimum atomic E-state index is -3.19. The molecule has 5 heteroatoms. The lowest BCUT2D eigenvalue weighted by atomic mass is 10.1. The molecular formula is C13H19NO3S. The van der Waals surface area contributed by atoms with E-state index in [1.807, 2.05) is 20.8 Å². The number of rotatable bonds is 4. The Kier molecular flexibility index (Phi) is 4.16. The zero-order valence-corrected chi connectivity index (χ0v) is 12.0. The van der Waals surface area contributed by atoms with Crippen LogP contribution in [0.4, 0.5) is 5.69 Å². The molecule has 0 bridgehead atoms.